The molecule has 0 aliphatic heterocycles. The molecule has 1 aromatic heterocycles. The third-order valence-corrected chi connectivity index (χ3v) is 4.52. The van der Waals surface area contributed by atoms with E-state index in [2.05, 4.69) is 24.9 Å². The Bertz CT molecular complexity index is 1100. The maximum atomic E-state index is 12.4. The van der Waals surface area contributed by atoms with E-state index in [1.54, 1.807) is 0 Å². The van der Waals surface area contributed by atoms with Crippen molar-refractivity contribution in [3.63, 3.8) is 0 Å². The van der Waals surface area contributed by atoms with Crippen LogP contribution in [0.25, 0.3) is 11.4 Å². The summed E-state index contributed by atoms with van der Waals surface area (Å²) in [6, 6.07) is 11.4. The molecule has 0 saturated carbocycles. The maximum absolute atomic E-state index is 12.4. The van der Waals surface area contributed by atoms with Crippen molar-refractivity contribution in [1.29, 1.82) is 0 Å². The number of hydrogen-bond acceptors (Lipinski definition) is 9. The topological polar surface area (TPSA) is 130 Å². The number of aryl methyl sites for hydroxylation is 1. The van der Waals surface area contributed by atoms with E-state index in [1.807, 2.05) is 31.2 Å². The number of aromatic nitrogens is 2. The van der Waals surface area contributed by atoms with E-state index in [1.165, 1.54) is 32.4 Å². The van der Waals surface area contributed by atoms with Gasteiger partial charge in [-0.2, -0.15) is 4.98 Å². The standard InChI is InChI=1S/C23H23N3O7/c1-4-32-18-7-5-14(6-8-18)21-25-20(33-26-21)10-9-19(27)24-17-12-15(22(28)30-2)11-16(13-17)23(29)31-3/h5-8,11-13H,4,9-10H2,1-3H3,(H,24,27). The average Bonchev–Trinajstić information content (AvgIpc) is 3.31. The fourth-order valence-electron chi connectivity index (χ4n) is 2.96. The van der Waals surface area contributed by atoms with Crippen molar-refractivity contribution in [2.24, 2.45) is 0 Å². The number of carbonyl (C=O) groups excluding carboxylic acids is 3. The predicted octanol–water partition coefficient (Wildman–Crippen LogP) is 3.28. The Morgan fingerprint density at radius 2 is 1.61 bits per heavy atom. The summed E-state index contributed by atoms with van der Waals surface area (Å²) in [5.41, 5.74) is 1.22. The van der Waals surface area contributed by atoms with Gasteiger partial charge in [0.2, 0.25) is 17.6 Å². The molecule has 3 aromatic rings. The number of hydrogen-bond donors (Lipinski definition) is 1. The third-order valence-electron chi connectivity index (χ3n) is 4.52. The molecule has 1 amide bonds. The Hall–Kier alpha value is -4.21. The molecular weight excluding hydrogens is 430 g/mol. The number of rotatable bonds is 9. The largest absolute Gasteiger partial charge is 0.494 e. The Labute approximate surface area is 189 Å². The van der Waals surface area contributed by atoms with Gasteiger partial charge in [0.15, 0.2) is 0 Å². The van der Waals surface area contributed by atoms with Gasteiger partial charge in [0, 0.05) is 24.1 Å². The van der Waals surface area contributed by atoms with Crippen LogP contribution in [-0.4, -0.2) is 48.8 Å². The lowest BCUT2D eigenvalue weighted by molar-refractivity contribution is -0.116. The van der Waals surface area contributed by atoms with Crippen LogP contribution >= 0.6 is 0 Å². The summed E-state index contributed by atoms with van der Waals surface area (Å²) in [5.74, 6) is -0.218. The first-order valence-electron chi connectivity index (χ1n) is 10.1. The number of nitrogens with one attached hydrogen (secondary N) is 1. The van der Waals surface area contributed by atoms with E-state index in [-0.39, 0.29) is 35.6 Å². The minimum absolute atomic E-state index is 0.0426. The molecule has 0 spiro atoms. The minimum Gasteiger partial charge on any atom is -0.494 e. The van der Waals surface area contributed by atoms with Crippen molar-refractivity contribution in [1.82, 2.24) is 10.1 Å². The Balaban J connectivity index is 1.63. The molecule has 172 valence electrons. The number of carbonyl (C=O) groups is 3. The van der Waals surface area contributed by atoms with Gasteiger partial charge in [-0.3, -0.25) is 4.79 Å². The minimum atomic E-state index is -0.649. The van der Waals surface area contributed by atoms with E-state index in [9.17, 15) is 14.4 Å². The lowest BCUT2D eigenvalue weighted by atomic mass is 10.1. The highest BCUT2D eigenvalue weighted by Gasteiger charge is 2.16. The summed E-state index contributed by atoms with van der Waals surface area (Å²) >= 11 is 0. The van der Waals surface area contributed by atoms with Crippen LogP contribution in [0.2, 0.25) is 0 Å². The summed E-state index contributed by atoms with van der Waals surface area (Å²) in [4.78, 5) is 40.5. The quantitative estimate of drug-likeness (QED) is 0.485. The third kappa shape index (κ3) is 6.16. The zero-order valence-electron chi connectivity index (χ0n) is 18.4. The van der Waals surface area contributed by atoms with Crippen molar-refractivity contribution < 1.29 is 33.1 Å². The van der Waals surface area contributed by atoms with Crippen molar-refractivity contribution in [2.75, 3.05) is 26.1 Å². The van der Waals surface area contributed by atoms with Gasteiger partial charge in [0.05, 0.1) is 32.0 Å². The fourth-order valence-corrected chi connectivity index (χ4v) is 2.96. The molecule has 10 nitrogen and oxygen atoms in total. The number of ether oxygens (including phenoxy) is 3. The van der Waals surface area contributed by atoms with E-state index < -0.39 is 11.9 Å². The van der Waals surface area contributed by atoms with E-state index in [0.717, 1.165) is 11.3 Å². The van der Waals surface area contributed by atoms with E-state index in [4.69, 9.17) is 9.26 Å². The van der Waals surface area contributed by atoms with Gasteiger partial charge in [0.25, 0.3) is 0 Å². The second-order valence-corrected chi connectivity index (χ2v) is 6.80. The summed E-state index contributed by atoms with van der Waals surface area (Å²) in [5, 5.41) is 6.59. The molecule has 0 unspecified atom stereocenters. The van der Waals surface area contributed by atoms with Gasteiger partial charge >= 0.3 is 11.9 Å². The number of esters is 2. The van der Waals surface area contributed by atoms with Crippen LogP contribution in [0.5, 0.6) is 5.75 Å². The number of nitrogens with zero attached hydrogens (tertiary/aromatic N) is 2. The van der Waals surface area contributed by atoms with Gasteiger partial charge < -0.3 is 24.1 Å². The molecule has 33 heavy (non-hydrogen) atoms. The number of benzene rings is 2. The second kappa shape index (κ2) is 10.9. The molecule has 0 radical (unpaired) electrons. The summed E-state index contributed by atoms with van der Waals surface area (Å²) in [6.07, 6.45) is 0.247. The van der Waals surface area contributed by atoms with Gasteiger partial charge in [-0.15, -0.1) is 0 Å². The molecule has 0 bridgehead atoms. The maximum Gasteiger partial charge on any atom is 0.337 e. The molecule has 1 heterocycles. The van der Waals surface area contributed by atoms with Crippen LogP contribution in [0.15, 0.2) is 47.0 Å². The second-order valence-electron chi connectivity index (χ2n) is 6.80. The monoisotopic (exact) mass is 453 g/mol. The molecule has 0 fully saturated rings. The molecule has 10 heteroatoms. The van der Waals surface area contributed by atoms with Crippen LogP contribution in [-0.2, 0) is 20.7 Å². The summed E-state index contributed by atoms with van der Waals surface area (Å²) in [6.45, 7) is 2.48. The average molecular weight is 453 g/mol. The highest BCUT2D eigenvalue weighted by atomic mass is 16.5. The predicted molar refractivity (Wildman–Crippen MR) is 117 cm³/mol. The van der Waals surface area contributed by atoms with Crippen molar-refractivity contribution in [3.05, 3.63) is 59.5 Å². The highest BCUT2D eigenvalue weighted by Crippen LogP contribution is 2.21. The molecule has 0 saturated heterocycles. The molecule has 2 aromatic carbocycles. The zero-order valence-corrected chi connectivity index (χ0v) is 18.4. The van der Waals surface area contributed by atoms with Crippen molar-refractivity contribution in [3.8, 4) is 17.1 Å². The number of amides is 1. The number of anilines is 1. The van der Waals surface area contributed by atoms with Crippen molar-refractivity contribution in [2.45, 2.75) is 19.8 Å². The SMILES string of the molecule is CCOc1ccc(-c2noc(CCC(=O)Nc3cc(C(=O)OC)cc(C(=O)OC)c3)n2)cc1. The number of methoxy groups -OCH3 is 2. The van der Waals surface area contributed by atoms with Gasteiger partial charge in [0.1, 0.15) is 5.75 Å². The van der Waals surface area contributed by atoms with Crippen LogP contribution in [0, 0.1) is 0 Å². The molecule has 0 aliphatic carbocycles. The van der Waals surface area contributed by atoms with Crippen LogP contribution < -0.4 is 10.1 Å². The lowest BCUT2D eigenvalue weighted by Crippen LogP contribution is -2.14. The molecule has 0 atom stereocenters. The molecule has 1 N–H and O–H groups in total. The molecular formula is C23H23N3O7. The zero-order chi connectivity index (χ0) is 23.8. The van der Waals surface area contributed by atoms with Gasteiger partial charge in [-0.1, -0.05) is 5.16 Å². The van der Waals surface area contributed by atoms with Crippen LogP contribution in [0.1, 0.15) is 40.0 Å². The normalized spacial score (nSPS) is 10.4. The lowest BCUT2D eigenvalue weighted by Gasteiger charge is -2.09. The van der Waals surface area contributed by atoms with Crippen LogP contribution in [0.4, 0.5) is 5.69 Å². The fraction of sp³-hybridized carbons (Fsp3) is 0.261. The smallest absolute Gasteiger partial charge is 0.337 e. The van der Waals surface area contributed by atoms with Crippen molar-refractivity contribution >= 4 is 23.5 Å². The molecule has 3 rings (SSSR count). The Morgan fingerprint density at radius 3 is 2.18 bits per heavy atom. The van der Waals surface area contributed by atoms with E-state index in [0.29, 0.717) is 18.3 Å². The Morgan fingerprint density at radius 1 is 0.970 bits per heavy atom. The van der Waals surface area contributed by atoms with E-state index >= 15 is 0 Å². The summed E-state index contributed by atoms with van der Waals surface area (Å²) < 4.78 is 20.0. The first-order valence-corrected chi connectivity index (χ1v) is 10.1. The van der Waals surface area contributed by atoms with Gasteiger partial charge in [-0.05, 0) is 49.4 Å². The molecule has 0 aliphatic rings. The first-order chi connectivity index (χ1) is 15.9. The van der Waals surface area contributed by atoms with Crippen LogP contribution in [0.3, 0.4) is 0 Å². The van der Waals surface area contributed by atoms with Gasteiger partial charge in [-0.25, -0.2) is 9.59 Å². The first kappa shape index (κ1) is 23.5. The highest BCUT2D eigenvalue weighted by molar-refractivity contribution is 5.99. The Kier molecular flexibility index (Phi) is 7.74. The summed E-state index contributed by atoms with van der Waals surface area (Å²) in [7, 11) is 2.44.